The summed E-state index contributed by atoms with van der Waals surface area (Å²) >= 11 is 3.35. The summed E-state index contributed by atoms with van der Waals surface area (Å²) in [5, 5.41) is 11.8. The van der Waals surface area contributed by atoms with E-state index in [2.05, 4.69) is 21.2 Å². The van der Waals surface area contributed by atoms with Crippen LogP contribution in [0.15, 0.2) is 22.7 Å². The van der Waals surface area contributed by atoms with Gasteiger partial charge in [0.05, 0.1) is 13.5 Å². The Hall–Kier alpha value is -1.56. The normalized spacial score (nSPS) is 15.3. The summed E-state index contributed by atoms with van der Waals surface area (Å²) in [6, 6.07) is 4.59. The largest absolute Gasteiger partial charge is 0.496 e. The Kier molecular flexibility index (Phi) is 5.22. The smallest absolute Gasteiger partial charge is 0.326 e. The van der Waals surface area contributed by atoms with Gasteiger partial charge < -0.3 is 15.2 Å². The number of methoxy groups -OCH3 is 1. The SMILES string of the molecule is COc1ccc(Br)cc1CC(=O)NC(CC1CC1)C(=O)O. The number of halogens is 1. The molecule has 1 fully saturated rings. The molecule has 1 aromatic carbocycles. The van der Waals surface area contributed by atoms with E-state index in [1.165, 1.54) is 7.11 Å². The van der Waals surface area contributed by atoms with Gasteiger partial charge in [0.25, 0.3) is 0 Å². The number of rotatable bonds is 7. The van der Waals surface area contributed by atoms with Crippen molar-refractivity contribution in [1.29, 1.82) is 0 Å². The first-order chi connectivity index (χ1) is 9.99. The maximum atomic E-state index is 12.1. The minimum Gasteiger partial charge on any atom is -0.496 e. The molecule has 2 rings (SSSR count). The third-order valence-corrected chi connectivity index (χ3v) is 3.99. The van der Waals surface area contributed by atoms with Crippen LogP contribution in [0.2, 0.25) is 0 Å². The molecule has 21 heavy (non-hydrogen) atoms. The number of aliphatic carboxylic acids is 1. The van der Waals surface area contributed by atoms with Gasteiger partial charge in [0.2, 0.25) is 5.91 Å². The molecule has 6 heteroatoms. The molecule has 1 saturated carbocycles. The van der Waals surface area contributed by atoms with Crippen molar-refractivity contribution >= 4 is 27.8 Å². The lowest BCUT2D eigenvalue weighted by Gasteiger charge is -2.15. The zero-order valence-electron chi connectivity index (χ0n) is 11.8. The number of ether oxygens (including phenoxy) is 1. The first kappa shape index (κ1) is 15.8. The number of hydrogen-bond acceptors (Lipinski definition) is 3. The monoisotopic (exact) mass is 355 g/mol. The molecule has 0 saturated heterocycles. The third kappa shape index (κ3) is 4.74. The van der Waals surface area contributed by atoms with Gasteiger partial charge in [0.15, 0.2) is 0 Å². The van der Waals surface area contributed by atoms with Crippen molar-refractivity contribution in [3.63, 3.8) is 0 Å². The first-order valence-corrected chi connectivity index (χ1v) is 7.63. The third-order valence-electron chi connectivity index (χ3n) is 3.49. The lowest BCUT2D eigenvalue weighted by atomic mass is 10.1. The number of carbonyl (C=O) groups is 2. The van der Waals surface area contributed by atoms with Gasteiger partial charge in [-0.15, -0.1) is 0 Å². The van der Waals surface area contributed by atoms with Crippen molar-refractivity contribution in [2.75, 3.05) is 7.11 Å². The van der Waals surface area contributed by atoms with Gasteiger partial charge in [0.1, 0.15) is 11.8 Å². The first-order valence-electron chi connectivity index (χ1n) is 6.84. The topological polar surface area (TPSA) is 75.6 Å². The van der Waals surface area contributed by atoms with E-state index < -0.39 is 12.0 Å². The molecule has 0 heterocycles. The van der Waals surface area contributed by atoms with Gasteiger partial charge in [-0.25, -0.2) is 4.79 Å². The molecule has 0 radical (unpaired) electrons. The van der Waals surface area contributed by atoms with Crippen LogP contribution in [-0.2, 0) is 16.0 Å². The average Bonchev–Trinajstić information content (AvgIpc) is 3.22. The van der Waals surface area contributed by atoms with Crippen LogP contribution >= 0.6 is 15.9 Å². The van der Waals surface area contributed by atoms with Crippen LogP contribution in [-0.4, -0.2) is 30.1 Å². The molecular formula is C15H18BrNO4. The molecule has 1 aromatic rings. The Labute approximate surface area is 131 Å². The van der Waals surface area contributed by atoms with Gasteiger partial charge in [0, 0.05) is 10.0 Å². The average molecular weight is 356 g/mol. The molecule has 114 valence electrons. The van der Waals surface area contributed by atoms with Crippen LogP contribution in [0, 0.1) is 5.92 Å². The standard InChI is InChI=1S/C15H18BrNO4/c1-21-13-5-4-11(16)7-10(13)8-14(18)17-12(15(19)20)6-9-2-3-9/h4-5,7,9,12H,2-3,6,8H2,1H3,(H,17,18)(H,19,20). The van der Waals surface area contributed by atoms with Gasteiger partial charge in [-0.1, -0.05) is 28.8 Å². The summed E-state index contributed by atoms with van der Waals surface area (Å²) in [6.07, 6.45) is 2.71. The minimum atomic E-state index is -0.976. The van der Waals surface area contributed by atoms with E-state index in [1.807, 2.05) is 6.07 Å². The maximum Gasteiger partial charge on any atom is 0.326 e. The summed E-state index contributed by atoms with van der Waals surface area (Å²) in [5.41, 5.74) is 0.722. The summed E-state index contributed by atoms with van der Waals surface area (Å²) in [6.45, 7) is 0. The molecule has 1 amide bonds. The Morgan fingerprint density at radius 2 is 2.19 bits per heavy atom. The van der Waals surface area contributed by atoms with Crippen LogP contribution < -0.4 is 10.1 Å². The van der Waals surface area contributed by atoms with Crippen molar-refractivity contribution in [1.82, 2.24) is 5.32 Å². The second-order valence-corrected chi connectivity index (χ2v) is 6.19. The molecular weight excluding hydrogens is 338 g/mol. The molecule has 2 N–H and O–H groups in total. The summed E-state index contributed by atoms with van der Waals surface area (Å²) in [4.78, 5) is 23.2. The number of carboxylic acid groups (broad SMARTS) is 1. The van der Waals surface area contributed by atoms with Crippen LogP contribution in [0.3, 0.4) is 0 Å². The fraction of sp³-hybridized carbons (Fsp3) is 0.467. The lowest BCUT2D eigenvalue weighted by molar-refractivity contribution is -0.142. The van der Waals surface area contributed by atoms with Crippen LogP contribution in [0.1, 0.15) is 24.8 Å². The molecule has 0 aromatic heterocycles. The number of carbonyl (C=O) groups excluding carboxylic acids is 1. The molecule has 5 nitrogen and oxygen atoms in total. The molecule has 1 aliphatic carbocycles. The van der Waals surface area contributed by atoms with Gasteiger partial charge >= 0.3 is 5.97 Å². The molecule has 0 bridgehead atoms. The van der Waals surface area contributed by atoms with Crippen LogP contribution in [0.4, 0.5) is 0 Å². The quantitative estimate of drug-likeness (QED) is 0.787. The van der Waals surface area contributed by atoms with Crippen molar-refractivity contribution in [2.24, 2.45) is 5.92 Å². The highest BCUT2D eigenvalue weighted by Crippen LogP contribution is 2.33. The Morgan fingerprint density at radius 3 is 2.76 bits per heavy atom. The Bertz CT molecular complexity index is 542. The second kappa shape index (κ2) is 6.93. The van der Waals surface area contributed by atoms with Crippen molar-refractivity contribution in [3.05, 3.63) is 28.2 Å². The Balaban J connectivity index is 1.99. The number of nitrogens with one attached hydrogen (secondary N) is 1. The van der Waals surface area contributed by atoms with E-state index in [4.69, 9.17) is 9.84 Å². The fourth-order valence-electron chi connectivity index (χ4n) is 2.21. The minimum absolute atomic E-state index is 0.0943. The molecule has 1 unspecified atom stereocenters. The Morgan fingerprint density at radius 1 is 1.48 bits per heavy atom. The van der Waals surface area contributed by atoms with E-state index in [9.17, 15) is 9.59 Å². The molecule has 1 aliphatic rings. The van der Waals surface area contributed by atoms with E-state index in [0.29, 0.717) is 18.1 Å². The predicted octanol–water partition coefficient (Wildman–Crippen LogP) is 2.37. The van der Waals surface area contributed by atoms with Gasteiger partial charge in [-0.05, 0) is 30.5 Å². The van der Waals surface area contributed by atoms with E-state index in [1.54, 1.807) is 12.1 Å². The number of carboxylic acids is 1. The van der Waals surface area contributed by atoms with E-state index in [0.717, 1.165) is 22.9 Å². The summed E-state index contributed by atoms with van der Waals surface area (Å²) in [5.74, 6) is -0.231. The number of benzene rings is 1. The highest BCUT2D eigenvalue weighted by atomic mass is 79.9. The highest BCUT2D eigenvalue weighted by Gasteiger charge is 2.30. The zero-order chi connectivity index (χ0) is 15.4. The van der Waals surface area contributed by atoms with Gasteiger partial charge in [-0.2, -0.15) is 0 Å². The highest BCUT2D eigenvalue weighted by molar-refractivity contribution is 9.10. The van der Waals surface area contributed by atoms with Gasteiger partial charge in [-0.3, -0.25) is 4.79 Å². The van der Waals surface area contributed by atoms with Crippen molar-refractivity contribution in [3.8, 4) is 5.75 Å². The molecule has 0 aliphatic heterocycles. The molecule has 1 atom stereocenters. The van der Waals surface area contributed by atoms with Crippen molar-refractivity contribution < 1.29 is 19.4 Å². The number of hydrogen-bond donors (Lipinski definition) is 2. The van der Waals surface area contributed by atoms with Crippen LogP contribution in [0.25, 0.3) is 0 Å². The maximum absolute atomic E-state index is 12.1. The second-order valence-electron chi connectivity index (χ2n) is 5.27. The van der Waals surface area contributed by atoms with Crippen LogP contribution in [0.5, 0.6) is 5.75 Å². The number of amides is 1. The summed E-state index contributed by atoms with van der Waals surface area (Å²) in [7, 11) is 1.54. The summed E-state index contributed by atoms with van der Waals surface area (Å²) < 4.78 is 6.06. The fourth-order valence-corrected chi connectivity index (χ4v) is 2.62. The zero-order valence-corrected chi connectivity index (χ0v) is 13.4. The predicted molar refractivity (Wildman–Crippen MR) is 81.3 cm³/mol. The van der Waals surface area contributed by atoms with E-state index >= 15 is 0 Å². The molecule has 0 spiro atoms. The van der Waals surface area contributed by atoms with Crippen molar-refractivity contribution in [2.45, 2.75) is 31.7 Å². The van der Waals surface area contributed by atoms with E-state index in [-0.39, 0.29) is 12.3 Å². The lowest BCUT2D eigenvalue weighted by Crippen LogP contribution is -2.41.